The van der Waals surface area contributed by atoms with Crippen molar-refractivity contribution in [2.75, 3.05) is 18.2 Å². The number of para-hydroxylation sites is 1. The van der Waals surface area contributed by atoms with Crippen LogP contribution in [0.5, 0.6) is 5.75 Å². The molecule has 0 saturated heterocycles. The van der Waals surface area contributed by atoms with Gasteiger partial charge in [0.25, 0.3) is 11.2 Å². The maximum atomic E-state index is 12.2. The zero-order valence-electron chi connectivity index (χ0n) is 14.1. The zero-order chi connectivity index (χ0) is 19.4. The fourth-order valence-corrected chi connectivity index (χ4v) is 3.02. The summed E-state index contributed by atoms with van der Waals surface area (Å²) in [5.41, 5.74) is 0.438. The minimum absolute atomic E-state index is 0.0125. The maximum Gasteiger partial charge on any atom is 0.273 e. The summed E-state index contributed by atoms with van der Waals surface area (Å²) in [5.74, 6) is -0.204. The van der Waals surface area contributed by atoms with E-state index < -0.39 is 4.92 Å². The zero-order valence-corrected chi connectivity index (χ0v) is 14.9. The van der Waals surface area contributed by atoms with Crippen molar-refractivity contribution in [3.05, 3.63) is 62.9 Å². The van der Waals surface area contributed by atoms with E-state index in [1.807, 2.05) is 0 Å². The van der Waals surface area contributed by atoms with Gasteiger partial charge in [0.15, 0.2) is 5.16 Å². The molecule has 2 N–H and O–H groups in total. The van der Waals surface area contributed by atoms with Crippen molar-refractivity contribution in [3.63, 3.8) is 0 Å². The molecule has 0 saturated carbocycles. The van der Waals surface area contributed by atoms with Crippen LogP contribution < -0.4 is 15.6 Å². The normalized spacial score (nSPS) is 10.6. The number of anilines is 1. The molecule has 0 unspecified atom stereocenters. The quantitative estimate of drug-likeness (QED) is 0.288. The summed E-state index contributed by atoms with van der Waals surface area (Å²) in [5, 5.41) is 14.2. The number of hydrogen-bond donors (Lipinski definition) is 2. The third-order valence-electron chi connectivity index (χ3n) is 3.60. The molecule has 2 aromatic carbocycles. The van der Waals surface area contributed by atoms with Crippen molar-refractivity contribution in [1.29, 1.82) is 0 Å². The highest BCUT2D eigenvalue weighted by Crippen LogP contribution is 2.29. The Bertz CT molecular complexity index is 1080. The highest BCUT2D eigenvalue weighted by atomic mass is 32.2. The number of non-ortho nitro benzene ring substituents is 1. The highest BCUT2D eigenvalue weighted by molar-refractivity contribution is 7.99. The summed E-state index contributed by atoms with van der Waals surface area (Å²) >= 11 is 1.07. The molecule has 0 aliphatic heterocycles. The SMILES string of the molecule is COc1cc([N+](=O)[O-])ccc1NC(=O)CSc1nc2ccccc2c(=O)[nH]1. The minimum Gasteiger partial charge on any atom is -0.494 e. The molecule has 9 nitrogen and oxygen atoms in total. The predicted octanol–water partition coefficient (Wildman–Crippen LogP) is 2.57. The minimum atomic E-state index is -0.550. The number of nitro groups is 1. The van der Waals surface area contributed by atoms with E-state index in [2.05, 4.69) is 15.3 Å². The summed E-state index contributed by atoms with van der Waals surface area (Å²) in [7, 11) is 1.35. The monoisotopic (exact) mass is 386 g/mol. The second kappa shape index (κ2) is 7.87. The Morgan fingerprint density at radius 1 is 1.33 bits per heavy atom. The van der Waals surface area contributed by atoms with E-state index in [0.717, 1.165) is 11.8 Å². The molecule has 1 heterocycles. The molecule has 0 aliphatic rings. The van der Waals surface area contributed by atoms with Crippen LogP contribution in [0.1, 0.15) is 0 Å². The van der Waals surface area contributed by atoms with Crippen LogP contribution in [0.15, 0.2) is 52.4 Å². The molecular weight excluding hydrogens is 372 g/mol. The predicted molar refractivity (Wildman–Crippen MR) is 101 cm³/mol. The smallest absolute Gasteiger partial charge is 0.273 e. The lowest BCUT2D eigenvalue weighted by molar-refractivity contribution is -0.384. The Kier molecular flexibility index (Phi) is 5.36. The van der Waals surface area contributed by atoms with Gasteiger partial charge < -0.3 is 15.0 Å². The van der Waals surface area contributed by atoms with E-state index in [1.165, 1.54) is 25.3 Å². The molecule has 138 valence electrons. The van der Waals surface area contributed by atoms with Gasteiger partial charge in [0.2, 0.25) is 5.91 Å². The maximum absolute atomic E-state index is 12.2. The van der Waals surface area contributed by atoms with Crippen LogP contribution in [0.25, 0.3) is 10.9 Å². The van der Waals surface area contributed by atoms with Crippen molar-refractivity contribution in [2.45, 2.75) is 5.16 Å². The Hall–Kier alpha value is -3.40. The average molecular weight is 386 g/mol. The van der Waals surface area contributed by atoms with Crippen LogP contribution in [0.4, 0.5) is 11.4 Å². The van der Waals surface area contributed by atoms with E-state index in [9.17, 15) is 19.7 Å². The molecule has 0 aliphatic carbocycles. The number of thioether (sulfide) groups is 1. The molecule has 0 bridgehead atoms. The van der Waals surface area contributed by atoms with Gasteiger partial charge in [-0.25, -0.2) is 4.98 Å². The number of H-pyrrole nitrogens is 1. The number of carbonyl (C=O) groups is 1. The number of carbonyl (C=O) groups excluding carboxylic acids is 1. The largest absolute Gasteiger partial charge is 0.494 e. The van der Waals surface area contributed by atoms with Crippen LogP contribution in [0.3, 0.4) is 0 Å². The molecule has 0 fully saturated rings. The van der Waals surface area contributed by atoms with E-state index >= 15 is 0 Å². The molecule has 27 heavy (non-hydrogen) atoms. The van der Waals surface area contributed by atoms with Crippen LogP contribution in [-0.2, 0) is 4.79 Å². The van der Waals surface area contributed by atoms with E-state index in [-0.39, 0.29) is 28.7 Å². The van der Waals surface area contributed by atoms with Gasteiger partial charge in [0.1, 0.15) is 5.75 Å². The highest BCUT2D eigenvalue weighted by Gasteiger charge is 2.14. The third kappa shape index (κ3) is 4.23. The molecular formula is C17H14N4O5S. The topological polar surface area (TPSA) is 127 Å². The van der Waals surface area contributed by atoms with Crippen LogP contribution in [0, 0.1) is 10.1 Å². The average Bonchev–Trinajstić information content (AvgIpc) is 2.66. The van der Waals surface area contributed by atoms with Crippen LogP contribution >= 0.6 is 11.8 Å². The number of amides is 1. The molecule has 10 heteroatoms. The Balaban J connectivity index is 1.70. The van der Waals surface area contributed by atoms with Gasteiger partial charge in [-0.2, -0.15) is 0 Å². The molecule has 3 aromatic rings. The van der Waals surface area contributed by atoms with E-state index in [1.54, 1.807) is 24.3 Å². The standard InChI is InChI=1S/C17H14N4O5S/c1-26-14-8-10(21(24)25)6-7-13(14)18-15(22)9-27-17-19-12-5-3-2-4-11(12)16(23)20-17/h2-8H,9H2,1H3,(H,18,22)(H,19,20,23). The summed E-state index contributed by atoms with van der Waals surface area (Å²) < 4.78 is 5.08. The van der Waals surface area contributed by atoms with Crippen molar-refractivity contribution in [2.24, 2.45) is 0 Å². The first-order valence-corrected chi connectivity index (χ1v) is 8.70. The van der Waals surface area contributed by atoms with Crippen molar-refractivity contribution >= 4 is 39.9 Å². The lowest BCUT2D eigenvalue weighted by atomic mass is 10.2. The molecule has 0 radical (unpaired) electrons. The van der Waals surface area contributed by atoms with Crippen molar-refractivity contribution < 1.29 is 14.5 Å². The lowest BCUT2D eigenvalue weighted by Crippen LogP contribution is -2.16. The van der Waals surface area contributed by atoms with Gasteiger partial charge >= 0.3 is 0 Å². The second-order valence-corrected chi connectivity index (χ2v) is 6.33. The number of benzene rings is 2. The number of rotatable bonds is 6. The first-order valence-electron chi connectivity index (χ1n) is 7.72. The number of nitro benzene ring substituents is 1. The van der Waals surface area contributed by atoms with Gasteiger partial charge in [0, 0.05) is 6.07 Å². The van der Waals surface area contributed by atoms with E-state index in [0.29, 0.717) is 21.7 Å². The molecule has 0 spiro atoms. The van der Waals surface area contributed by atoms with Crippen LogP contribution in [-0.4, -0.2) is 33.7 Å². The van der Waals surface area contributed by atoms with Gasteiger partial charge in [0.05, 0.1) is 40.4 Å². The Morgan fingerprint density at radius 2 is 2.11 bits per heavy atom. The second-order valence-electron chi connectivity index (χ2n) is 5.37. The number of aromatic amines is 1. The van der Waals surface area contributed by atoms with Gasteiger partial charge in [-0.1, -0.05) is 23.9 Å². The summed E-state index contributed by atoms with van der Waals surface area (Å²) in [4.78, 5) is 41.4. The van der Waals surface area contributed by atoms with Crippen molar-refractivity contribution in [1.82, 2.24) is 9.97 Å². The van der Waals surface area contributed by atoms with E-state index in [4.69, 9.17) is 4.74 Å². The number of methoxy groups -OCH3 is 1. The summed E-state index contributed by atoms with van der Waals surface area (Å²) in [6.07, 6.45) is 0. The number of fused-ring (bicyclic) bond motifs is 1. The third-order valence-corrected chi connectivity index (χ3v) is 4.47. The fraction of sp³-hybridized carbons (Fsp3) is 0.118. The molecule has 1 aromatic heterocycles. The summed E-state index contributed by atoms with van der Waals surface area (Å²) in [6.45, 7) is 0. The number of nitrogens with one attached hydrogen (secondary N) is 2. The Morgan fingerprint density at radius 3 is 2.85 bits per heavy atom. The van der Waals surface area contributed by atoms with Crippen LogP contribution in [0.2, 0.25) is 0 Å². The lowest BCUT2D eigenvalue weighted by Gasteiger charge is -2.09. The first-order chi connectivity index (χ1) is 13.0. The molecule has 0 atom stereocenters. The number of hydrogen-bond acceptors (Lipinski definition) is 7. The van der Waals surface area contributed by atoms with Gasteiger partial charge in [-0.05, 0) is 18.2 Å². The molecule has 3 rings (SSSR count). The summed E-state index contributed by atoms with van der Waals surface area (Å²) in [6, 6.07) is 10.8. The van der Waals surface area contributed by atoms with Gasteiger partial charge in [-0.3, -0.25) is 19.7 Å². The van der Waals surface area contributed by atoms with Gasteiger partial charge in [-0.15, -0.1) is 0 Å². The van der Waals surface area contributed by atoms with Crippen molar-refractivity contribution in [3.8, 4) is 5.75 Å². The number of nitrogens with zero attached hydrogens (tertiary/aromatic N) is 2. The number of aromatic nitrogens is 2. The molecule has 1 amide bonds. The fourth-order valence-electron chi connectivity index (χ4n) is 2.35. The number of ether oxygens (including phenoxy) is 1. The Labute approximate surface area is 156 Å². The first kappa shape index (κ1) is 18.4.